The van der Waals surface area contributed by atoms with Crippen molar-refractivity contribution in [1.82, 2.24) is 35.7 Å². The topological polar surface area (TPSA) is 174 Å². The Bertz CT molecular complexity index is 1850. The van der Waals surface area contributed by atoms with E-state index in [2.05, 4.69) is 41.1 Å². The summed E-state index contributed by atoms with van der Waals surface area (Å²) in [5.74, 6) is -1.71. The van der Waals surface area contributed by atoms with Crippen LogP contribution in [0, 0.1) is 0 Å². The van der Waals surface area contributed by atoms with Crippen molar-refractivity contribution in [3.05, 3.63) is 119 Å². The summed E-state index contributed by atoms with van der Waals surface area (Å²) >= 11 is 6.21. The lowest BCUT2D eigenvalue weighted by Gasteiger charge is -2.19. The summed E-state index contributed by atoms with van der Waals surface area (Å²) in [6, 6.07) is 21.9. The summed E-state index contributed by atoms with van der Waals surface area (Å²) in [6.45, 7) is 0. The zero-order chi connectivity index (χ0) is 31.8. The number of carboxylic acid groups (broad SMARTS) is 1. The first-order valence-electron chi connectivity index (χ1n) is 13.4. The van der Waals surface area contributed by atoms with Crippen molar-refractivity contribution in [3.63, 3.8) is 0 Å². The number of carbonyl (C=O) groups excluding carboxylic acids is 2. The van der Waals surface area contributed by atoms with Crippen LogP contribution in [0.4, 0.5) is 10.5 Å². The first-order valence-corrected chi connectivity index (χ1v) is 13.8. The molecular formula is C31H25ClN8O5. The van der Waals surface area contributed by atoms with Gasteiger partial charge in [-0.2, -0.15) is 9.78 Å². The van der Waals surface area contributed by atoms with Gasteiger partial charge in [0.25, 0.3) is 0 Å². The summed E-state index contributed by atoms with van der Waals surface area (Å²) in [5.41, 5.74) is 3.44. The normalized spacial score (nSPS) is 11.6. The van der Waals surface area contributed by atoms with Crippen molar-refractivity contribution >= 4 is 41.3 Å². The van der Waals surface area contributed by atoms with Crippen molar-refractivity contribution in [1.29, 1.82) is 0 Å². The minimum Gasteiger partial charge on any atom is -0.476 e. The van der Waals surface area contributed by atoms with Gasteiger partial charge in [0.1, 0.15) is 6.33 Å². The van der Waals surface area contributed by atoms with E-state index in [9.17, 15) is 19.5 Å². The van der Waals surface area contributed by atoms with Gasteiger partial charge >= 0.3 is 12.1 Å². The number of halogens is 1. The maximum absolute atomic E-state index is 13.3. The second-order valence-corrected chi connectivity index (χ2v) is 10.0. The smallest absolute Gasteiger partial charge is 0.411 e. The number of benzene rings is 3. The van der Waals surface area contributed by atoms with Crippen LogP contribution in [0.3, 0.4) is 0 Å². The lowest BCUT2D eigenvalue weighted by Crippen LogP contribution is -2.29. The molecular weight excluding hydrogens is 600 g/mol. The second kappa shape index (κ2) is 14.0. The highest BCUT2D eigenvalue weighted by Crippen LogP contribution is 2.28. The Kier molecular flexibility index (Phi) is 9.50. The number of tetrazole rings is 1. The fourth-order valence-corrected chi connectivity index (χ4v) is 4.64. The number of hydrogen-bond donors (Lipinski definition) is 3. The number of anilines is 1. The predicted molar refractivity (Wildman–Crippen MR) is 165 cm³/mol. The van der Waals surface area contributed by atoms with Gasteiger partial charge in [0, 0.05) is 27.9 Å². The quantitative estimate of drug-likeness (QED) is 0.184. The molecule has 14 heteroatoms. The van der Waals surface area contributed by atoms with E-state index in [1.807, 2.05) is 30.3 Å². The molecule has 0 saturated carbocycles. The summed E-state index contributed by atoms with van der Waals surface area (Å²) in [5, 5.41) is 35.3. The van der Waals surface area contributed by atoms with E-state index in [0.29, 0.717) is 39.6 Å². The van der Waals surface area contributed by atoms with Gasteiger partial charge in [-0.15, -0.1) is 10.2 Å². The number of ether oxygens (including phenoxy) is 1. The molecule has 0 aliphatic carbocycles. The van der Waals surface area contributed by atoms with Crippen LogP contribution < -0.4 is 10.6 Å². The van der Waals surface area contributed by atoms with Gasteiger partial charge in [0.15, 0.2) is 5.69 Å². The molecule has 0 radical (unpaired) electrons. The fourth-order valence-electron chi connectivity index (χ4n) is 4.46. The van der Waals surface area contributed by atoms with Gasteiger partial charge in [0.2, 0.25) is 5.91 Å². The average molecular weight is 625 g/mol. The molecule has 2 heterocycles. The monoisotopic (exact) mass is 624 g/mol. The number of methoxy groups -OCH3 is 1. The van der Waals surface area contributed by atoms with E-state index in [0.717, 1.165) is 5.56 Å². The maximum atomic E-state index is 13.3. The number of nitrogens with zero attached hydrogens (tertiary/aromatic N) is 6. The van der Waals surface area contributed by atoms with Gasteiger partial charge in [-0.1, -0.05) is 54.1 Å². The zero-order valence-corrected chi connectivity index (χ0v) is 24.4. The number of hydrogen-bond acceptors (Lipinski definition) is 9. The molecule has 0 spiro atoms. The molecule has 5 aromatic rings. The van der Waals surface area contributed by atoms with Crippen molar-refractivity contribution in [2.45, 2.75) is 12.5 Å². The van der Waals surface area contributed by atoms with E-state index in [-0.39, 0.29) is 11.3 Å². The molecule has 3 aromatic carbocycles. The van der Waals surface area contributed by atoms with Crippen LogP contribution in [0.15, 0.2) is 91.3 Å². The fraction of sp³-hybridized carbons (Fsp3) is 0.0968. The van der Waals surface area contributed by atoms with Gasteiger partial charge in [-0.05, 0) is 70.4 Å². The summed E-state index contributed by atoms with van der Waals surface area (Å²) in [6.07, 6.45) is 4.07. The van der Waals surface area contributed by atoms with E-state index in [1.165, 1.54) is 24.2 Å². The van der Waals surface area contributed by atoms with Crippen LogP contribution in [0.2, 0.25) is 5.02 Å². The van der Waals surface area contributed by atoms with E-state index in [1.54, 1.807) is 54.6 Å². The third-order valence-corrected chi connectivity index (χ3v) is 6.83. The Balaban J connectivity index is 1.46. The van der Waals surface area contributed by atoms with Crippen molar-refractivity contribution in [2.75, 3.05) is 12.4 Å². The lowest BCUT2D eigenvalue weighted by atomic mass is 9.98. The molecule has 0 aliphatic heterocycles. The van der Waals surface area contributed by atoms with Crippen molar-refractivity contribution in [2.24, 2.45) is 0 Å². The average Bonchev–Trinajstić information content (AvgIpc) is 3.59. The van der Waals surface area contributed by atoms with Crippen molar-refractivity contribution in [3.8, 4) is 16.8 Å². The Morgan fingerprint density at radius 1 is 1.02 bits per heavy atom. The number of rotatable bonds is 10. The molecule has 3 N–H and O–H groups in total. The number of aromatic carboxylic acids is 1. The third-order valence-electron chi connectivity index (χ3n) is 6.60. The minimum atomic E-state index is -1.27. The number of carboxylic acids is 1. The summed E-state index contributed by atoms with van der Waals surface area (Å²) in [4.78, 5) is 36.9. The highest BCUT2D eigenvalue weighted by molar-refractivity contribution is 6.30. The Labute approximate surface area is 261 Å². The van der Waals surface area contributed by atoms with Crippen LogP contribution in [0.5, 0.6) is 0 Å². The summed E-state index contributed by atoms with van der Waals surface area (Å²) in [7, 11) is 1.25. The largest absolute Gasteiger partial charge is 0.476 e. The Morgan fingerprint density at radius 2 is 1.80 bits per heavy atom. The highest BCUT2D eigenvalue weighted by atomic mass is 35.5. The number of aromatic nitrogens is 6. The van der Waals surface area contributed by atoms with Gasteiger partial charge in [-0.25, -0.2) is 9.59 Å². The number of nitrogens with one attached hydrogen (secondary N) is 2. The maximum Gasteiger partial charge on any atom is 0.411 e. The molecule has 5 rings (SSSR count). The molecule has 0 saturated heterocycles. The first-order chi connectivity index (χ1) is 21.8. The Hall–Kier alpha value is -5.95. The summed E-state index contributed by atoms with van der Waals surface area (Å²) < 4.78 is 6.06. The van der Waals surface area contributed by atoms with Gasteiger partial charge in [0.05, 0.1) is 24.5 Å². The Morgan fingerprint density at radius 3 is 2.49 bits per heavy atom. The molecule has 1 unspecified atom stereocenters. The minimum absolute atomic E-state index is 0.270. The molecule has 45 heavy (non-hydrogen) atoms. The SMILES string of the molecule is COC(=O)Nc1ccc(-c2cc(C(Cc3ccccc3)NC(=O)C=Cc3cc(Cl)ccc3-n3cnnn3)nnc2C(=O)O)cc1. The van der Waals surface area contributed by atoms with E-state index < -0.39 is 24.0 Å². The van der Waals surface area contributed by atoms with Crippen LogP contribution in [0.1, 0.15) is 33.4 Å². The van der Waals surface area contributed by atoms with Gasteiger partial charge < -0.3 is 15.2 Å². The van der Waals surface area contributed by atoms with Gasteiger partial charge in [-0.3, -0.25) is 10.1 Å². The van der Waals surface area contributed by atoms with Crippen LogP contribution in [0.25, 0.3) is 22.9 Å². The number of amides is 2. The standard InChI is InChI=1S/C31H25ClN8O5/c1-45-31(44)34-23-11-7-20(8-12-23)24-17-26(36-37-29(24)30(42)43)25(15-19-5-3-2-4-6-19)35-28(41)14-9-21-16-22(32)10-13-27(21)40-18-33-38-39-40/h2-14,16-18,25H,15H2,1H3,(H,34,44)(H,35,41)(H,42,43). The number of carbonyl (C=O) groups is 3. The molecule has 2 aromatic heterocycles. The molecule has 1 atom stereocenters. The van der Waals surface area contributed by atoms with Crippen LogP contribution >= 0.6 is 11.6 Å². The second-order valence-electron chi connectivity index (χ2n) is 9.57. The highest BCUT2D eigenvalue weighted by Gasteiger charge is 2.22. The predicted octanol–water partition coefficient (Wildman–Crippen LogP) is 4.76. The molecule has 13 nitrogen and oxygen atoms in total. The van der Waals surface area contributed by atoms with Crippen LogP contribution in [-0.4, -0.2) is 60.6 Å². The van der Waals surface area contributed by atoms with E-state index in [4.69, 9.17) is 11.6 Å². The third kappa shape index (κ3) is 7.72. The first kappa shape index (κ1) is 30.5. The van der Waals surface area contributed by atoms with E-state index >= 15 is 0 Å². The van der Waals surface area contributed by atoms with Crippen molar-refractivity contribution < 1.29 is 24.2 Å². The lowest BCUT2D eigenvalue weighted by molar-refractivity contribution is -0.117. The zero-order valence-electron chi connectivity index (χ0n) is 23.7. The molecule has 0 aliphatic rings. The molecule has 0 fully saturated rings. The molecule has 0 bridgehead atoms. The van der Waals surface area contributed by atoms with Crippen LogP contribution in [-0.2, 0) is 16.0 Å². The molecule has 226 valence electrons. The molecule has 2 amide bonds.